The second kappa shape index (κ2) is 23.4. The van der Waals surface area contributed by atoms with Crippen LogP contribution < -0.4 is 0 Å². The van der Waals surface area contributed by atoms with E-state index in [-0.39, 0.29) is 10.8 Å². The average molecular weight is 807 g/mol. The lowest BCUT2D eigenvalue weighted by Gasteiger charge is -2.34. The minimum absolute atomic E-state index is 0.101. The predicted molar refractivity (Wildman–Crippen MR) is 266 cm³/mol. The number of unbranched alkanes of at least 4 members (excludes halogenated alkanes) is 20. The first-order valence-corrected chi connectivity index (χ1v) is 25.9. The summed E-state index contributed by atoms with van der Waals surface area (Å²) < 4.78 is 0. The Kier molecular flexibility index (Phi) is 18.1. The van der Waals surface area contributed by atoms with Gasteiger partial charge in [-0.05, 0) is 107 Å². The van der Waals surface area contributed by atoms with E-state index in [9.17, 15) is 0 Å². The fraction of sp³-hybridized carbons (Fsp3) is 0.600. The number of benzene rings is 4. The zero-order valence-electron chi connectivity index (χ0n) is 39.7. The van der Waals surface area contributed by atoms with Crippen molar-refractivity contribution in [1.29, 1.82) is 0 Å². The quantitative estimate of drug-likeness (QED) is 0.0480. The van der Waals surface area contributed by atoms with Crippen LogP contribution in [0.4, 0.5) is 0 Å². The van der Waals surface area contributed by atoms with E-state index in [2.05, 4.69) is 114 Å². The summed E-state index contributed by atoms with van der Waals surface area (Å²) in [7, 11) is 0. The molecule has 0 amide bonds. The summed E-state index contributed by atoms with van der Waals surface area (Å²) in [6.45, 7) is 14.0. The van der Waals surface area contributed by atoms with E-state index >= 15 is 0 Å². The van der Waals surface area contributed by atoms with E-state index in [4.69, 9.17) is 0 Å². The Morgan fingerprint density at radius 2 is 0.550 bits per heavy atom. The predicted octanol–water partition coefficient (Wildman–Crippen LogP) is 19.5. The molecule has 0 heteroatoms. The number of aryl methyl sites for hydroxylation is 2. The topological polar surface area (TPSA) is 0 Å². The molecule has 0 spiro atoms. The lowest BCUT2D eigenvalue weighted by atomic mass is 9.69. The number of hydrogen-bond donors (Lipinski definition) is 0. The molecule has 0 aliphatic heterocycles. The van der Waals surface area contributed by atoms with Crippen LogP contribution in [0.3, 0.4) is 0 Å². The Bertz CT molecular complexity index is 1870. The first-order valence-electron chi connectivity index (χ1n) is 25.9. The van der Waals surface area contributed by atoms with Crippen LogP contribution in [0.25, 0.3) is 33.4 Å². The zero-order chi connectivity index (χ0) is 42.2. The third-order valence-electron chi connectivity index (χ3n) is 15.2. The van der Waals surface area contributed by atoms with Crippen molar-refractivity contribution in [2.75, 3.05) is 0 Å². The number of fused-ring (bicyclic) bond motifs is 6. The maximum atomic E-state index is 2.70. The number of rotatable bonds is 29. The molecule has 0 bridgehead atoms. The molecule has 0 saturated carbocycles. The molecule has 0 radical (unpaired) electrons. The molecule has 2 aliphatic carbocycles. The van der Waals surface area contributed by atoms with Crippen molar-refractivity contribution in [2.24, 2.45) is 0 Å². The van der Waals surface area contributed by atoms with Gasteiger partial charge in [0.1, 0.15) is 0 Å². The fourth-order valence-corrected chi connectivity index (χ4v) is 11.7. The Morgan fingerprint density at radius 3 is 0.883 bits per heavy atom. The molecule has 326 valence electrons. The summed E-state index contributed by atoms with van der Waals surface area (Å²) in [5.74, 6) is 0. The van der Waals surface area contributed by atoms with Gasteiger partial charge >= 0.3 is 0 Å². The van der Waals surface area contributed by atoms with Gasteiger partial charge in [0.25, 0.3) is 0 Å². The lowest BCUT2D eigenvalue weighted by Crippen LogP contribution is -2.26. The molecule has 0 heterocycles. The van der Waals surface area contributed by atoms with Crippen LogP contribution in [-0.2, 0) is 10.8 Å². The first kappa shape index (κ1) is 46.4. The fourth-order valence-electron chi connectivity index (χ4n) is 11.7. The maximum Gasteiger partial charge on any atom is 0.0215 e. The van der Waals surface area contributed by atoms with Gasteiger partial charge in [0.15, 0.2) is 0 Å². The standard InChI is InChI=1S/C60H86/c1-7-11-15-17-19-21-23-25-27-29-41-60(42-30-28-26-24-22-20-18-16-12-8-2)56-44-48(6)32-36-52(56)54-38-34-50(46-58(54)60)49-33-37-53-51-35-31-47(5)43-55(51)59(39-13-9-3,40-14-10-4)57(53)45-49/h31-38,43-46H,7-30,39-42H2,1-6H3. The molecular weight excluding hydrogens is 721 g/mol. The van der Waals surface area contributed by atoms with E-state index in [0.29, 0.717) is 0 Å². The first-order chi connectivity index (χ1) is 29.4. The second-order valence-corrected chi connectivity index (χ2v) is 19.9. The van der Waals surface area contributed by atoms with Crippen LogP contribution in [0.15, 0.2) is 72.8 Å². The minimum atomic E-state index is 0.101. The van der Waals surface area contributed by atoms with Crippen LogP contribution in [-0.4, -0.2) is 0 Å². The number of hydrogen-bond acceptors (Lipinski definition) is 0. The van der Waals surface area contributed by atoms with Gasteiger partial charge in [-0.1, -0.05) is 254 Å². The van der Waals surface area contributed by atoms with Crippen LogP contribution in [0, 0.1) is 13.8 Å². The van der Waals surface area contributed by atoms with Crippen LogP contribution >= 0.6 is 0 Å². The highest BCUT2D eigenvalue weighted by atomic mass is 14.5. The van der Waals surface area contributed by atoms with Crippen molar-refractivity contribution in [3.05, 3.63) is 106 Å². The van der Waals surface area contributed by atoms with E-state index in [1.54, 1.807) is 22.3 Å². The Balaban J connectivity index is 1.31. The van der Waals surface area contributed by atoms with Gasteiger partial charge in [-0.25, -0.2) is 0 Å². The van der Waals surface area contributed by atoms with Crippen molar-refractivity contribution in [3.63, 3.8) is 0 Å². The third kappa shape index (κ3) is 10.9. The summed E-state index contributed by atoms with van der Waals surface area (Å²) in [6.07, 6.45) is 38.0. The smallest absolute Gasteiger partial charge is 0.0215 e. The molecule has 6 rings (SSSR count). The van der Waals surface area contributed by atoms with Crippen molar-refractivity contribution in [1.82, 2.24) is 0 Å². The van der Waals surface area contributed by atoms with Crippen molar-refractivity contribution >= 4 is 0 Å². The highest BCUT2D eigenvalue weighted by Crippen LogP contribution is 2.57. The van der Waals surface area contributed by atoms with E-state index < -0.39 is 0 Å². The van der Waals surface area contributed by atoms with E-state index in [0.717, 1.165) is 0 Å². The normalized spacial score (nSPS) is 14.3. The minimum Gasteiger partial charge on any atom is -0.0654 e. The molecular formula is C60H86. The monoisotopic (exact) mass is 807 g/mol. The Morgan fingerprint density at radius 1 is 0.283 bits per heavy atom. The van der Waals surface area contributed by atoms with E-state index in [1.807, 2.05) is 0 Å². The van der Waals surface area contributed by atoms with Crippen LogP contribution in [0.5, 0.6) is 0 Å². The molecule has 0 fully saturated rings. The SMILES string of the molecule is CCCCCCCCCCCCC1(CCCCCCCCCCCC)c2cc(C)ccc2-c2ccc(-c3ccc4c(c3)C(CCCC)(CCCC)c3cc(C)ccc3-4)cc21. The Hall–Kier alpha value is -3.12. The lowest BCUT2D eigenvalue weighted by molar-refractivity contribution is 0.397. The molecule has 2 aliphatic rings. The van der Waals surface area contributed by atoms with Gasteiger partial charge in [-0.2, -0.15) is 0 Å². The van der Waals surface area contributed by atoms with Gasteiger partial charge < -0.3 is 0 Å². The molecule has 4 aromatic rings. The molecule has 0 atom stereocenters. The van der Waals surface area contributed by atoms with E-state index in [1.165, 1.54) is 224 Å². The summed E-state index contributed by atoms with van der Waals surface area (Å²) in [6, 6.07) is 30.1. The zero-order valence-corrected chi connectivity index (χ0v) is 39.7. The molecule has 0 N–H and O–H groups in total. The second-order valence-electron chi connectivity index (χ2n) is 19.9. The van der Waals surface area contributed by atoms with Gasteiger partial charge in [0, 0.05) is 10.8 Å². The molecule has 0 unspecified atom stereocenters. The van der Waals surface area contributed by atoms with Gasteiger partial charge in [0.05, 0.1) is 0 Å². The van der Waals surface area contributed by atoms with Gasteiger partial charge in [0.2, 0.25) is 0 Å². The van der Waals surface area contributed by atoms with Gasteiger partial charge in [-0.15, -0.1) is 0 Å². The Labute approximate surface area is 370 Å². The van der Waals surface area contributed by atoms with Crippen LogP contribution in [0.2, 0.25) is 0 Å². The van der Waals surface area contributed by atoms with Crippen molar-refractivity contribution in [2.45, 2.75) is 232 Å². The molecule has 4 aromatic carbocycles. The van der Waals surface area contributed by atoms with Crippen molar-refractivity contribution < 1.29 is 0 Å². The largest absolute Gasteiger partial charge is 0.0654 e. The third-order valence-corrected chi connectivity index (χ3v) is 15.2. The summed E-state index contributed by atoms with van der Waals surface area (Å²) in [5, 5.41) is 0. The molecule has 0 nitrogen and oxygen atoms in total. The molecule has 0 aromatic heterocycles. The highest BCUT2D eigenvalue weighted by molar-refractivity contribution is 5.87. The average Bonchev–Trinajstić information content (AvgIpc) is 3.68. The summed E-state index contributed by atoms with van der Waals surface area (Å²) in [5.41, 5.74) is 18.3. The highest BCUT2D eigenvalue weighted by Gasteiger charge is 2.44. The molecule has 60 heavy (non-hydrogen) atoms. The van der Waals surface area contributed by atoms with Crippen molar-refractivity contribution in [3.8, 4) is 33.4 Å². The van der Waals surface area contributed by atoms with Gasteiger partial charge in [-0.3, -0.25) is 0 Å². The maximum absolute atomic E-state index is 2.70. The summed E-state index contributed by atoms with van der Waals surface area (Å²) in [4.78, 5) is 0. The van der Waals surface area contributed by atoms with Crippen LogP contribution in [0.1, 0.15) is 241 Å². The molecule has 0 saturated heterocycles. The summed E-state index contributed by atoms with van der Waals surface area (Å²) >= 11 is 0.